The normalized spacial score (nSPS) is 14.1. The number of carbonyl (C=O) groups is 1. The molecule has 0 spiro atoms. The van der Waals surface area contributed by atoms with Crippen molar-refractivity contribution < 1.29 is 4.79 Å². The zero-order chi connectivity index (χ0) is 16.4. The number of amides is 1. The molecule has 1 fully saturated rings. The smallest absolute Gasteiger partial charge is 0.274 e. The lowest BCUT2D eigenvalue weighted by atomic mass is 10.0. The highest BCUT2D eigenvalue weighted by Crippen LogP contribution is 2.23. The Morgan fingerprint density at radius 2 is 1.70 bits per heavy atom. The summed E-state index contributed by atoms with van der Waals surface area (Å²) in [6.07, 6.45) is 3.82. The fourth-order valence-electron chi connectivity index (χ4n) is 3.15. The Balaban J connectivity index is 1.82. The van der Waals surface area contributed by atoms with Crippen molar-refractivity contribution in [1.29, 1.82) is 0 Å². The SMILES string of the molecule is Cc1cc(C)c(NC(=O)c2cc(N3CCCC3)ncn2)c(C)c1. The summed E-state index contributed by atoms with van der Waals surface area (Å²) in [5, 5.41) is 2.99. The van der Waals surface area contributed by atoms with E-state index in [1.54, 1.807) is 6.07 Å². The van der Waals surface area contributed by atoms with Gasteiger partial charge in [-0.1, -0.05) is 17.7 Å². The molecule has 1 aliphatic heterocycles. The van der Waals surface area contributed by atoms with Crippen molar-refractivity contribution in [3.63, 3.8) is 0 Å². The van der Waals surface area contributed by atoms with Crippen LogP contribution in [0.15, 0.2) is 24.5 Å². The van der Waals surface area contributed by atoms with Crippen LogP contribution in [0, 0.1) is 20.8 Å². The van der Waals surface area contributed by atoms with Crippen LogP contribution in [0.4, 0.5) is 11.5 Å². The van der Waals surface area contributed by atoms with Crippen molar-refractivity contribution in [2.45, 2.75) is 33.6 Å². The van der Waals surface area contributed by atoms with Crippen LogP contribution >= 0.6 is 0 Å². The fraction of sp³-hybridized carbons (Fsp3) is 0.389. The van der Waals surface area contributed by atoms with Gasteiger partial charge in [0.15, 0.2) is 0 Å². The molecule has 1 N–H and O–H groups in total. The van der Waals surface area contributed by atoms with Gasteiger partial charge < -0.3 is 10.2 Å². The minimum Gasteiger partial charge on any atom is -0.357 e. The predicted octanol–water partition coefficient (Wildman–Crippen LogP) is 3.25. The van der Waals surface area contributed by atoms with Crippen molar-refractivity contribution in [1.82, 2.24) is 9.97 Å². The van der Waals surface area contributed by atoms with Crippen LogP contribution in [0.5, 0.6) is 0 Å². The lowest BCUT2D eigenvalue weighted by Crippen LogP contribution is -2.21. The first-order valence-corrected chi connectivity index (χ1v) is 8.01. The molecular weight excluding hydrogens is 288 g/mol. The summed E-state index contributed by atoms with van der Waals surface area (Å²) < 4.78 is 0. The van der Waals surface area contributed by atoms with Gasteiger partial charge in [0.2, 0.25) is 0 Å². The lowest BCUT2D eigenvalue weighted by Gasteiger charge is -2.17. The molecule has 0 atom stereocenters. The minimum absolute atomic E-state index is 0.192. The van der Waals surface area contributed by atoms with Crippen LogP contribution < -0.4 is 10.2 Å². The molecule has 0 radical (unpaired) electrons. The molecule has 1 aromatic carbocycles. The molecule has 5 nitrogen and oxygen atoms in total. The van der Waals surface area contributed by atoms with Gasteiger partial charge in [-0.15, -0.1) is 0 Å². The van der Waals surface area contributed by atoms with E-state index in [4.69, 9.17) is 0 Å². The molecule has 1 amide bonds. The minimum atomic E-state index is -0.192. The molecule has 0 aliphatic carbocycles. The van der Waals surface area contributed by atoms with Crippen molar-refractivity contribution >= 4 is 17.4 Å². The highest BCUT2D eigenvalue weighted by Gasteiger charge is 2.17. The Morgan fingerprint density at radius 3 is 2.35 bits per heavy atom. The largest absolute Gasteiger partial charge is 0.357 e. The molecule has 0 saturated carbocycles. The Labute approximate surface area is 136 Å². The van der Waals surface area contributed by atoms with Gasteiger partial charge in [-0.3, -0.25) is 4.79 Å². The number of hydrogen-bond acceptors (Lipinski definition) is 4. The van der Waals surface area contributed by atoms with Gasteiger partial charge in [0.25, 0.3) is 5.91 Å². The summed E-state index contributed by atoms with van der Waals surface area (Å²) >= 11 is 0. The second-order valence-corrected chi connectivity index (χ2v) is 6.18. The Morgan fingerprint density at radius 1 is 1.04 bits per heavy atom. The van der Waals surface area contributed by atoms with Gasteiger partial charge in [0.1, 0.15) is 17.8 Å². The zero-order valence-corrected chi connectivity index (χ0v) is 13.9. The molecule has 2 heterocycles. The molecule has 2 aromatic rings. The first kappa shape index (κ1) is 15.5. The van der Waals surface area contributed by atoms with Crippen LogP contribution in [-0.4, -0.2) is 29.0 Å². The van der Waals surface area contributed by atoms with E-state index < -0.39 is 0 Å². The van der Waals surface area contributed by atoms with Crippen molar-refractivity contribution in [2.75, 3.05) is 23.3 Å². The third kappa shape index (κ3) is 3.33. The summed E-state index contributed by atoms with van der Waals surface area (Å²) in [4.78, 5) is 23.2. The van der Waals surface area contributed by atoms with Gasteiger partial charge in [-0.25, -0.2) is 9.97 Å². The number of nitrogens with one attached hydrogen (secondary N) is 1. The van der Waals surface area contributed by atoms with E-state index in [2.05, 4.69) is 39.2 Å². The summed E-state index contributed by atoms with van der Waals surface area (Å²) in [7, 11) is 0. The first-order valence-electron chi connectivity index (χ1n) is 8.01. The van der Waals surface area contributed by atoms with E-state index in [1.807, 2.05) is 13.8 Å². The highest BCUT2D eigenvalue weighted by atomic mass is 16.1. The number of nitrogens with zero attached hydrogens (tertiary/aromatic N) is 3. The number of anilines is 2. The quantitative estimate of drug-likeness (QED) is 0.945. The first-order chi connectivity index (χ1) is 11.0. The number of hydrogen-bond donors (Lipinski definition) is 1. The Bertz CT molecular complexity index is 713. The molecule has 120 valence electrons. The van der Waals surface area contributed by atoms with Crippen LogP contribution in [0.2, 0.25) is 0 Å². The van der Waals surface area contributed by atoms with Crippen LogP contribution in [0.25, 0.3) is 0 Å². The third-order valence-corrected chi connectivity index (χ3v) is 4.23. The van der Waals surface area contributed by atoms with E-state index in [1.165, 1.54) is 24.7 Å². The van der Waals surface area contributed by atoms with Gasteiger partial charge in [-0.2, -0.15) is 0 Å². The maximum absolute atomic E-state index is 12.6. The van der Waals surface area contributed by atoms with Gasteiger partial charge >= 0.3 is 0 Å². The summed E-state index contributed by atoms with van der Waals surface area (Å²) in [6.45, 7) is 8.05. The van der Waals surface area contributed by atoms with Crippen LogP contribution in [0.3, 0.4) is 0 Å². The van der Waals surface area contributed by atoms with E-state index in [-0.39, 0.29) is 5.91 Å². The van der Waals surface area contributed by atoms with Crippen molar-refractivity contribution in [3.05, 3.63) is 46.9 Å². The lowest BCUT2D eigenvalue weighted by molar-refractivity contribution is 0.102. The molecule has 1 saturated heterocycles. The van der Waals surface area contributed by atoms with Crippen molar-refractivity contribution in [2.24, 2.45) is 0 Å². The zero-order valence-electron chi connectivity index (χ0n) is 13.9. The third-order valence-electron chi connectivity index (χ3n) is 4.23. The van der Waals surface area contributed by atoms with Gasteiger partial charge in [0, 0.05) is 24.8 Å². The predicted molar refractivity (Wildman–Crippen MR) is 92.1 cm³/mol. The number of aromatic nitrogens is 2. The maximum atomic E-state index is 12.6. The average molecular weight is 310 g/mol. The van der Waals surface area contributed by atoms with E-state index >= 15 is 0 Å². The number of benzene rings is 1. The summed E-state index contributed by atoms with van der Waals surface area (Å²) in [6, 6.07) is 5.91. The topological polar surface area (TPSA) is 58.1 Å². The monoisotopic (exact) mass is 310 g/mol. The standard InChI is InChI=1S/C18H22N4O/c1-12-8-13(2)17(14(3)9-12)21-18(23)15-10-16(20-11-19-15)22-6-4-5-7-22/h8-11H,4-7H2,1-3H3,(H,21,23). The molecular formula is C18H22N4O. The number of aryl methyl sites for hydroxylation is 3. The van der Waals surface area contributed by atoms with Crippen molar-refractivity contribution in [3.8, 4) is 0 Å². The maximum Gasteiger partial charge on any atom is 0.274 e. The Hall–Kier alpha value is -2.43. The van der Waals surface area contributed by atoms with Crippen LogP contribution in [0.1, 0.15) is 40.0 Å². The van der Waals surface area contributed by atoms with E-state index in [0.717, 1.165) is 35.7 Å². The summed E-state index contributed by atoms with van der Waals surface area (Å²) in [5.41, 5.74) is 4.58. The second-order valence-electron chi connectivity index (χ2n) is 6.18. The van der Waals surface area contributed by atoms with E-state index in [0.29, 0.717) is 5.69 Å². The fourth-order valence-corrected chi connectivity index (χ4v) is 3.15. The molecule has 0 bridgehead atoms. The number of carbonyl (C=O) groups excluding carboxylic acids is 1. The molecule has 5 heteroatoms. The molecule has 23 heavy (non-hydrogen) atoms. The van der Waals surface area contributed by atoms with Crippen LogP contribution in [-0.2, 0) is 0 Å². The summed E-state index contributed by atoms with van der Waals surface area (Å²) in [5.74, 6) is 0.642. The molecule has 3 rings (SSSR count). The Kier molecular flexibility index (Phi) is 4.28. The number of rotatable bonds is 3. The van der Waals surface area contributed by atoms with Gasteiger partial charge in [0.05, 0.1) is 0 Å². The molecule has 1 aromatic heterocycles. The molecule has 0 unspecified atom stereocenters. The van der Waals surface area contributed by atoms with E-state index in [9.17, 15) is 4.79 Å². The van der Waals surface area contributed by atoms with Gasteiger partial charge in [-0.05, 0) is 44.7 Å². The second kappa shape index (κ2) is 6.36. The molecule has 1 aliphatic rings. The average Bonchev–Trinajstić information content (AvgIpc) is 3.05. The highest BCUT2D eigenvalue weighted by molar-refractivity contribution is 6.04.